The number of rotatable bonds is 5. The van der Waals surface area contributed by atoms with Crippen molar-refractivity contribution in [2.45, 2.75) is 38.6 Å². The Labute approximate surface area is 126 Å². The molecule has 4 rings (SSSR count). The maximum Gasteiger partial charge on any atom is 0.148 e. The summed E-state index contributed by atoms with van der Waals surface area (Å²) in [5.41, 5.74) is 8.04. The predicted octanol–water partition coefficient (Wildman–Crippen LogP) is 3.76. The summed E-state index contributed by atoms with van der Waals surface area (Å²) < 4.78 is 4.34. The number of anilines is 2. The van der Waals surface area contributed by atoms with Crippen molar-refractivity contribution in [3.8, 4) is 11.3 Å². The van der Waals surface area contributed by atoms with E-state index in [1.54, 1.807) is 11.3 Å². The predicted molar refractivity (Wildman–Crippen MR) is 85.2 cm³/mol. The first-order valence-corrected chi connectivity index (χ1v) is 8.82. The summed E-state index contributed by atoms with van der Waals surface area (Å²) in [6.45, 7) is 2.02. The van der Waals surface area contributed by atoms with E-state index in [-0.39, 0.29) is 0 Å². The number of nitrogen functional groups attached to an aromatic ring is 1. The SMILES string of the molecule is Cc1nc(-c2c(N)nsc2NC(C2CC2)C2CC2)cs1. The first-order chi connectivity index (χ1) is 9.72. The van der Waals surface area contributed by atoms with Crippen LogP contribution in [0.15, 0.2) is 5.38 Å². The van der Waals surface area contributed by atoms with E-state index in [4.69, 9.17) is 5.73 Å². The van der Waals surface area contributed by atoms with Crippen molar-refractivity contribution in [1.29, 1.82) is 0 Å². The van der Waals surface area contributed by atoms with Crippen molar-refractivity contribution in [2.24, 2.45) is 11.8 Å². The van der Waals surface area contributed by atoms with Crippen LogP contribution >= 0.6 is 22.9 Å². The highest BCUT2D eigenvalue weighted by Gasteiger charge is 2.42. The van der Waals surface area contributed by atoms with Gasteiger partial charge in [-0.1, -0.05) is 0 Å². The Morgan fingerprint density at radius 2 is 2.00 bits per heavy atom. The van der Waals surface area contributed by atoms with Gasteiger partial charge >= 0.3 is 0 Å². The molecule has 2 saturated carbocycles. The van der Waals surface area contributed by atoms with E-state index in [9.17, 15) is 0 Å². The maximum atomic E-state index is 6.07. The van der Waals surface area contributed by atoms with Gasteiger partial charge in [-0.15, -0.1) is 11.3 Å². The lowest BCUT2D eigenvalue weighted by molar-refractivity contribution is 0.569. The molecule has 2 aromatic heterocycles. The lowest BCUT2D eigenvalue weighted by Gasteiger charge is -2.18. The van der Waals surface area contributed by atoms with E-state index in [1.165, 1.54) is 37.2 Å². The third kappa shape index (κ3) is 2.31. The standard InChI is InChI=1S/C14H18N4S2/c1-7-16-10(6-19-7)11-13(15)18-20-14(11)17-12(8-2-3-8)9-4-5-9/h6,8-9,12,17H,2-5H2,1H3,(H2,15,18). The molecule has 2 heterocycles. The zero-order valence-electron chi connectivity index (χ0n) is 11.4. The van der Waals surface area contributed by atoms with Crippen molar-refractivity contribution in [2.75, 3.05) is 11.1 Å². The molecule has 3 N–H and O–H groups in total. The van der Waals surface area contributed by atoms with Crippen LogP contribution in [0.4, 0.5) is 10.8 Å². The fraction of sp³-hybridized carbons (Fsp3) is 0.571. The highest BCUT2D eigenvalue weighted by atomic mass is 32.1. The number of nitrogens with zero attached hydrogens (tertiary/aromatic N) is 2. The summed E-state index contributed by atoms with van der Waals surface area (Å²) in [4.78, 5) is 4.57. The molecule has 2 aromatic rings. The number of aryl methyl sites for hydroxylation is 1. The Hall–Kier alpha value is -1.14. The van der Waals surface area contributed by atoms with E-state index in [1.807, 2.05) is 6.92 Å². The summed E-state index contributed by atoms with van der Waals surface area (Å²) in [6.07, 6.45) is 5.47. The summed E-state index contributed by atoms with van der Waals surface area (Å²) in [7, 11) is 0. The van der Waals surface area contributed by atoms with Gasteiger partial charge in [-0.05, 0) is 56.0 Å². The Kier molecular flexibility index (Phi) is 2.96. The third-order valence-corrected chi connectivity index (χ3v) is 5.72. The van der Waals surface area contributed by atoms with Crippen molar-refractivity contribution in [3.05, 3.63) is 10.4 Å². The molecule has 106 valence electrons. The van der Waals surface area contributed by atoms with Gasteiger partial charge < -0.3 is 11.1 Å². The first-order valence-electron chi connectivity index (χ1n) is 7.16. The summed E-state index contributed by atoms with van der Waals surface area (Å²) in [5.74, 6) is 2.32. The number of thiazole rings is 1. The minimum Gasteiger partial charge on any atom is -0.382 e. The molecule has 2 fully saturated rings. The molecule has 20 heavy (non-hydrogen) atoms. The van der Waals surface area contributed by atoms with Crippen LogP contribution in [0.3, 0.4) is 0 Å². The van der Waals surface area contributed by atoms with Gasteiger partial charge in [0, 0.05) is 11.4 Å². The van der Waals surface area contributed by atoms with E-state index >= 15 is 0 Å². The molecule has 2 aliphatic carbocycles. The molecule has 4 nitrogen and oxygen atoms in total. The smallest absolute Gasteiger partial charge is 0.148 e. The van der Waals surface area contributed by atoms with Crippen LogP contribution in [0, 0.1) is 18.8 Å². The maximum absolute atomic E-state index is 6.07. The number of aromatic nitrogens is 2. The molecular formula is C14H18N4S2. The normalized spacial score (nSPS) is 18.7. The van der Waals surface area contributed by atoms with Gasteiger partial charge in [-0.25, -0.2) is 4.98 Å². The second-order valence-corrected chi connectivity index (χ2v) is 7.70. The van der Waals surface area contributed by atoms with Crippen LogP contribution in [0.5, 0.6) is 0 Å². The molecule has 0 unspecified atom stereocenters. The van der Waals surface area contributed by atoms with Crippen LogP contribution in [-0.2, 0) is 0 Å². The monoisotopic (exact) mass is 306 g/mol. The largest absolute Gasteiger partial charge is 0.382 e. The van der Waals surface area contributed by atoms with Crippen LogP contribution in [0.2, 0.25) is 0 Å². The number of hydrogen-bond acceptors (Lipinski definition) is 6. The molecule has 0 aliphatic heterocycles. The minimum atomic E-state index is 0.605. The van der Waals surface area contributed by atoms with E-state index in [0.717, 1.165) is 33.1 Å². The van der Waals surface area contributed by atoms with Gasteiger partial charge in [0.15, 0.2) is 0 Å². The molecule has 0 aromatic carbocycles. The van der Waals surface area contributed by atoms with Crippen LogP contribution in [0.1, 0.15) is 30.7 Å². The first kappa shape index (κ1) is 12.6. The summed E-state index contributed by atoms with van der Waals surface area (Å²) in [5, 5.41) is 7.99. The third-order valence-electron chi connectivity index (χ3n) is 4.15. The molecular weight excluding hydrogens is 288 g/mol. The van der Waals surface area contributed by atoms with Crippen molar-refractivity contribution in [3.63, 3.8) is 0 Å². The van der Waals surface area contributed by atoms with Gasteiger partial charge in [0.25, 0.3) is 0 Å². The average Bonchev–Trinajstić information content (AvgIpc) is 3.33. The quantitative estimate of drug-likeness (QED) is 0.883. The zero-order valence-corrected chi connectivity index (χ0v) is 13.1. The zero-order chi connectivity index (χ0) is 13.7. The van der Waals surface area contributed by atoms with Crippen LogP contribution < -0.4 is 11.1 Å². The molecule has 0 amide bonds. The van der Waals surface area contributed by atoms with Gasteiger partial charge in [0.1, 0.15) is 10.8 Å². The topological polar surface area (TPSA) is 63.8 Å². The van der Waals surface area contributed by atoms with Crippen molar-refractivity contribution < 1.29 is 0 Å². The fourth-order valence-corrected chi connectivity index (χ4v) is 4.18. The number of nitrogens with one attached hydrogen (secondary N) is 1. The second kappa shape index (κ2) is 4.70. The van der Waals surface area contributed by atoms with Gasteiger partial charge in [-0.2, -0.15) is 4.37 Å². The molecule has 6 heteroatoms. The average molecular weight is 306 g/mol. The van der Waals surface area contributed by atoms with Crippen molar-refractivity contribution >= 4 is 33.7 Å². The number of hydrogen-bond donors (Lipinski definition) is 2. The summed E-state index contributed by atoms with van der Waals surface area (Å²) >= 11 is 3.14. The minimum absolute atomic E-state index is 0.605. The Balaban J connectivity index is 1.64. The fourth-order valence-electron chi connectivity index (χ4n) is 2.81. The van der Waals surface area contributed by atoms with Crippen LogP contribution in [0.25, 0.3) is 11.3 Å². The Bertz CT molecular complexity index is 613. The molecule has 0 saturated heterocycles. The van der Waals surface area contributed by atoms with Gasteiger partial charge in [0.2, 0.25) is 0 Å². The van der Waals surface area contributed by atoms with E-state index in [0.29, 0.717) is 11.9 Å². The number of nitrogens with two attached hydrogens (primary N) is 1. The Morgan fingerprint density at radius 3 is 2.55 bits per heavy atom. The summed E-state index contributed by atoms with van der Waals surface area (Å²) in [6, 6.07) is 0.619. The lowest BCUT2D eigenvalue weighted by atomic mass is 10.1. The lowest BCUT2D eigenvalue weighted by Crippen LogP contribution is -2.23. The van der Waals surface area contributed by atoms with E-state index < -0.39 is 0 Å². The molecule has 0 radical (unpaired) electrons. The highest BCUT2D eigenvalue weighted by molar-refractivity contribution is 7.11. The molecule has 0 spiro atoms. The molecule has 0 atom stereocenters. The molecule has 2 aliphatic rings. The van der Waals surface area contributed by atoms with E-state index in [2.05, 4.69) is 20.1 Å². The van der Waals surface area contributed by atoms with Gasteiger partial charge in [-0.3, -0.25) is 0 Å². The highest BCUT2D eigenvalue weighted by Crippen LogP contribution is 2.47. The Morgan fingerprint density at radius 1 is 1.30 bits per heavy atom. The van der Waals surface area contributed by atoms with Crippen LogP contribution in [-0.4, -0.2) is 15.4 Å². The molecule has 0 bridgehead atoms. The van der Waals surface area contributed by atoms with Gasteiger partial charge in [0.05, 0.1) is 16.3 Å². The second-order valence-electron chi connectivity index (χ2n) is 5.87. The van der Waals surface area contributed by atoms with Crippen molar-refractivity contribution in [1.82, 2.24) is 9.36 Å².